The average Bonchev–Trinajstić information content (AvgIpc) is 2.76. The van der Waals surface area contributed by atoms with E-state index in [2.05, 4.69) is 0 Å². The van der Waals surface area contributed by atoms with E-state index in [1.165, 1.54) is 12.1 Å². The number of nitriles is 1. The van der Waals surface area contributed by atoms with Crippen LogP contribution in [0.5, 0.6) is 0 Å². The first kappa shape index (κ1) is 12.3. The third-order valence-corrected chi connectivity index (χ3v) is 2.73. The van der Waals surface area contributed by atoms with E-state index in [9.17, 15) is 9.50 Å². The number of benzene rings is 1. The zero-order valence-corrected chi connectivity index (χ0v) is 9.97. The predicted molar refractivity (Wildman–Crippen MR) is 65.3 cm³/mol. The Morgan fingerprint density at radius 3 is 2.89 bits per heavy atom. The standard InChI is InChI=1S/C14H13FN2O/c1-10(18)14-3-2-4-17(14)9-12-5-11(8-16)6-13(15)7-12/h2-7,10,18H,9H2,1H3. The fraction of sp³-hybridized carbons (Fsp3) is 0.214. The predicted octanol–water partition coefficient (Wildman–Crippen LogP) is 2.60. The molecular weight excluding hydrogens is 231 g/mol. The van der Waals surface area contributed by atoms with Crippen molar-refractivity contribution in [1.29, 1.82) is 5.26 Å². The summed E-state index contributed by atoms with van der Waals surface area (Å²) in [6, 6.07) is 9.81. The van der Waals surface area contributed by atoms with Crippen LogP contribution in [0.1, 0.15) is 29.8 Å². The summed E-state index contributed by atoms with van der Waals surface area (Å²) in [7, 11) is 0. The molecule has 0 radical (unpaired) electrons. The van der Waals surface area contributed by atoms with Gasteiger partial charge in [0.2, 0.25) is 0 Å². The molecule has 0 amide bonds. The first-order valence-corrected chi connectivity index (χ1v) is 5.63. The molecule has 0 aliphatic carbocycles. The molecule has 92 valence electrons. The normalized spacial score (nSPS) is 12.1. The highest BCUT2D eigenvalue weighted by molar-refractivity contribution is 5.34. The van der Waals surface area contributed by atoms with Crippen molar-refractivity contribution in [1.82, 2.24) is 4.57 Å². The number of halogens is 1. The van der Waals surface area contributed by atoms with Gasteiger partial charge in [-0.05, 0) is 42.8 Å². The molecule has 2 aromatic rings. The van der Waals surface area contributed by atoms with Crippen LogP contribution in [0.4, 0.5) is 4.39 Å². The fourth-order valence-corrected chi connectivity index (χ4v) is 1.95. The Labute approximate surface area is 105 Å². The molecule has 0 saturated carbocycles. The topological polar surface area (TPSA) is 49.0 Å². The second-order valence-electron chi connectivity index (χ2n) is 4.20. The minimum Gasteiger partial charge on any atom is -0.387 e. The number of hydrogen-bond acceptors (Lipinski definition) is 2. The van der Waals surface area contributed by atoms with E-state index in [0.29, 0.717) is 17.7 Å². The summed E-state index contributed by atoms with van der Waals surface area (Å²) >= 11 is 0. The number of aromatic nitrogens is 1. The van der Waals surface area contributed by atoms with Gasteiger partial charge in [0.1, 0.15) is 5.82 Å². The van der Waals surface area contributed by atoms with Gasteiger partial charge >= 0.3 is 0 Å². The molecule has 1 heterocycles. The molecule has 0 aliphatic rings. The first-order chi connectivity index (χ1) is 8.60. The van der Waals surface area contributed by atoms with Crippen LogP contribution in [-0.2, 0) is 6.54 Å². The van der Waals surface area contributed by atoms with Gasteiger partial charge in [-0.25, -0.2) is 4.39 Å². The Morgan fingerprint density at radius 1 is 1.44 bits per heavy atom. The Morgan fingerprint density at radius 2 is 2.22 bits per heavy atom. The lowest BCUT2D eigenvalue weighted by molar-refractivity contribution is 0.190. The molecule has 1 N–H and O–H groups in total. The molecule has 4 heteroatoms. The second-order valence-corrected chi connectivity index (χ2v) is 4.20. The van der Waals surface area contributed by atoms with Crippen molar-refractivity contribution in [3.8, 4) is 6.07 Å². The van der Waals surface area contributed by atoms with Crippen LogP contribution in [0.2, 0.25) is 0 Å². The lowest BCUT2D eigenvalue weighted by atomic mass is 10.1. The quantitative estimate of drug-likeness (QED) is 0.902. The van der Waals surface area contributed by atoms with Crippen LogP contribution in [0.25, 0.3) is 0 Å². The minimum absolute atomic E-state index is 0.302. The summed E-state index contributed by atoms with van der Waals surface area (Å²) in [5, 5.41) is 18.4. The lowest BCUT2D eigenvalue weighted by Crippen LogP contribution is -2.06. The molecule has 1 unspecified atom stereocenters. The van der Waals surface area contributed by atoms with E-state index >= 15 is 0 Å². The van der Waals surface area contributed by atoms with Gasteiger partial charge in [0.15, 0.2) is 0 Å². The summed E-state index contributed by atoms with van der Waals surface area (Å²) in [6.45, 7) is 2.11. The molecule has 0 bridgehead atoms. The van der Waals surface area contributed by atoms with E-state index < -0.39 is 11.9 Å². The summed E-state index contributed by atoms with van der Waals surface area (Å²) < 4.78 is 15.1. The van der Waals surface area contributed by atoms with E-state index in [-0.39, 0.29) is 0 Å². The van der Waals surface area contributed by atoms with Crippen molar-refractivity contribution in [2.75, 3.05) is 0 Å². The summed E-state index contributed by atoms with van der Waals surface area (Å²) in [5.41, 5.74) is 1.76. The zero-order chi connectivity index (χ0) is 13.1. The molecule has 18 heavy (non-hydrogen) atoms. The smallest absolute Gasteiger partial charge is 0.124 e. The number of rotatable bonds is 3. The Kier molecular flexibility index (Phi) is 3.45. The fourth-order valence-electron chi connectivity index (χ4n) is 1.95. The van der Waals surface area contributed by atoms with Crippen LogP contribution in [0.3, 0.4) is 0 Å². The molecule has 0 aliphatic heterocycles. The monoisotopic (exact) mass is 244 g/mol. The first-order valence-electron chi connectivity index (χ1n) is 5.63. The number of hydrogen-bond donors (Lipinski definition) is 1. The molecule has 2 rings (SSSR count). The number of aliphatic hydroxyl groups is 1. The van der Waals surface area contributed by atoms with Crippen molar-refractivity contribution in [2.45, 2.75) is 19.6 Å². The molecule has 0 saturated heterocycles. The zero-order valence-electron chi connectivity index (χ0n) is 9.97. The average molecular weight is 244 g/mol. The largest absolute Gasteiger partial charge is 0.387 e. The van der Waals surface area contributed by atoms with Gasteiger partial charge in [0.05, 0.1) is 17.7 Å². The van der Waals surface area contributed by atoms with Crippen molar-refractivity contribution < 1.29 is 9.50 Å². The van der Waals surface area contributed by atoms with E-state index in [4.69, 9.17) is 5.26 Å². The molecule has 0 fully saturated rings. The maximum Gasteiger partial charge on any atom is 0.124 e. The van der Waals surface area contributed by atoms with Crippen LogP contribution >= 0.6 is 0 Å². The maximum absolute atomic E-state index is 13.3. The molecule has 1 aromatic carbocycles. The highest BCUT2D eigenvalue weighted by atomic mass is 19.1. The highest BCUT2D eigenvalue weighted by Gasteiger charge is 2.08. The third-order valence-electron chi connectivity index (χ3n) is 2.73. The van der Waals surface area contributed by atoms with Crippen LogP contribution in [-0.4, -0.2) is 9.67 Å². The van der Waals surface area contributed by atoms with Crippen LogP contribution in [0, 0.1) is 17.1 Å². The highest BCUT2D eigenvalue weighted by Crippen LogP contribution is 2.16. The number of nitrogens with zero attached hydrogens (tertiary/aromatic N) is 2. The molecule has 1 atom stereocenters. The Balaban J connectivity index is 2.31. The van der Waals surface area contributed by atoms with E-state index in [1.807, 2.05) is 29.0 Å². The molecule has 1 aromatic heterocycles. The summed E-state index contributed by atoms with van der Waals surface area (Å²) in [4.78, 5) is 0. The number of aliphatic hydroxyl groups excluding tert-OH is 1. The van der Waals surface area contributed by atoms with Gasteiger partial charge in [-0.1, -0.05) is 0 Å². The SMILES string of the molecule is CC(O)c1cccn1Cc1cc(F)cc(C#N)c1. The molecule has 3 nitrogen and oxygen atoms in total. The van der Waals surface area contributed by atoms with Crippen LogP contribution < -0.4 is 0 Å². The molecule has 0 spiro atoms. The molecular formula is C14H13FN2O. The van der Waals surface area contributed by atoms with Gasteiger partial charge in [-0.2, -0.15) is 5.26 Å². The summed E-state index contributed by atoms with van der Waals surface area (Å²) in [5.74, 6) is -0.421. The maximum atomic E-state index is 13.3. The van der Waals surface area contributed by atoms with E-state index in [0.717, 1.165) is 5.69 Å². The van der Waals surface area contributed by atoms with Crippen molar-refractivity contribution >= 4 is 0 Å². The van der Waals surface area contributed by atoms with Crippen molar-refractivity contribution in [2.24, 2.45) is 0 Å². The minimum atomic E-state index is -0.580. The lowest BCUT2D eigenvalue weighted by Gasteiger charge is -2.11. The van der Waals surface area contributed by atoms with Crippen molar-refractivity contribution in [3.05, 3.63) is 59.2 Å². The van der Waals surface area contributed by atoms with Crippen molar-refractivity contribution in [3.63, 3.8) is 0 Å². The van der Waals surface area contributed by atoms with Crippen LogP contribution in [0.15, 0.2) is 36.5 Å². The van der Waals surface area contributed by atoms with Gasteiger partial charge in [-0.3, -0.25) is 0 Å². The third kappa shape index (κ3) is 2.58. The second kappa shape index (κ2) is 5.03. The van der Waals surface area contributed by atoms with Gasteiger partial charge in [0.25, 0.3) is 0 Å². The van der Waals surface area contributed by atoms with E-state index in [1.54, 1.807) is 13.0 Å². The van der Waals surface area contributed by atoms with Gasteiger partial charge in [-0.15, -0.1) is 0 Å². The Bertz CT molecular complexity index is 596. The Hall–Kier alpha value is -2.12. The van der Waals surface area contributed by atoms with Gasteiger partial charge in [0, 0.05) is 18.4 Å². The summed E-state index contributed by atoms with van der Waals surface area (Å²) in [6.07, 6.45) is 1.24. The van der Waals surface area contributed by atoms with Gasteiger partial charge < -0.3 is 9.67 Å².